The van der Waals surface area contributed by atoms with E-state index in [4.69, 9.17) is 8.83 Å². The van der Waals surface area contributed by atoms with Gasteiger partial charge in [0.15, 0.2) is 7.53 Å². The predicted molar refractivity (Wildman–Crippen MR) is 104 cm³/mol. The van der Waals surface area contributed by atoms with Gasteiger partial charge in [-0.05, 0) is 69.4 Å². The molecule has 0 aliphatic rings. The van der Waals surface area contributed by atoms with Crippen LogP contribution in [0.3, 0.4) is 0 Å². The van der Waals surface area contributed by atoms with Crippen molar-refractivity contribution in [2.24, 2.45) is 10.2 Å². The van der Waals surface area contributed by atoms with Crippen LogP contribution in [0.1, 0.15) is 24.4 Å². The standard InChI is InChI=1S/C14H12I2N4O4/c15-11-3-1-9(23-11)7-17-19-13(21)5-6-14(22)20-18-8-10-2-4-12(16)24-10/h1-4,7-8H,5-6H2,(H,19,21)(H,20,22)/b17-7-,18-8-. The van der Waals surface area contributed by atoms with Gasteiger partial charge in [-0.3, -0.25) is 9.59 Å². The molecule has 10 heteroatoms. The van der Waals surface area contributed by atoms with Crippen LogP contribution < -0.4 is 10.9 Å². The average molecular weight is 554 g/mol. The van der Waals surface area contributed by atoms with Gasteiger partial charge in [0.25, 0.3) is 0 Å². The van der Waals surface area contributed by atoms with Crippen molar-refractivity contribution in [3.8, 4) is 0 Å². The van der Waals surface area contributed by atoms with E-state index in [2.05, 4.69) is 21.1 Å². The van der Waals surface area contributed by atoms with Crippen molar-refractivity contribution in [2.45, 2.75) is 12.8 Å². The SMILES string of the molecule is O=C(CCC(=O)N/N=C\c1ccc(I)o1)N/N=C\c1ccc(I)o1. The molecule has 0 atom stereocenters. The van der Waals surface area contributed by atoms with Gasteiger partial charge in [-0.1, -0.05) is 0 Å². The van der Waals surface area contributed by atoms with E-state index in [1.165, 1.54) is 12.4 Å². The Balaban J connectivity index is 1.64. The summed E-state index contributed by atoms with van der Waals surface area (Å²) < 4.78 is 11.9. The fraction of sp³-hybridized carbons (Fsp3) is 0.143. The zero-order valence-corrected chi connectivity index (χ0v) is 16.5. The third kappa shape index (κ3) is 6.82. The van der Waals surface area contributed by atoms with Crippen molar-refractivity contribution in [1.29, 1.82) is 0 Å². The minimum Gasteiger partial charge on any atom is -0.449 e. The second-order valence-electron chi connectivity index (χ2n) is 4.37. The van der Waals surface area contributed by atoms with E-state index in [1.54, 1.807) is 24.3 Å². The van der Waals surface area contributed by atoms with Gasteiger partial charge in [0.1, 0.15) is 11.5 Å². The summed E-state index contributed by atoms with van der Waals surface area (Å²) in [5.41, 5.74) is 4.63. The molecule has 2 aromatic heterocycles. The Labute approximate surface area is 164 Å². The summed E-state index contributed by atoms with van der Waals surface area (Å²) in [6.45, 7) is 0. The van der Waals surface area contributed by atoms with Crippen molar-refractivity contribution in [1.82, 2.24) is 10.9 Å². The predicted octanol–water partition coefficient (Wildman–Crippen LogP) is 2.46. The first-order valence-electron chi connectivity index (χ1n) is 6.67. The lowest BCUT2D eigenvalue weighted by atomic mass is 10.3. The van der Waals surface area contributed by atoms with Crippen LogP contribution >= 0.6 is 45.2 Å². The second kappa shape index (κ2) is 9.56. The minimum absolute atomic E-state index is 0.00691. The van der Waals surface area contributed by atoms with Crippen molar-refractivity contribution in [3.63, 3.8) is 0 Å². The molecule has 2 heterocycles. The lowest BCUT2D eigenvalue weighted by Gasteiger charge is -1.99. The Hall–Kier alpha value is -1.70. The van der Waals surface area contributed by atoms with Crippen LogP contribution in [-0.2, 0) is 9.59 Å². The zero-order chi connectivity index (χ0) is 17.4. The highest BCUT2D eigenvalue weighted by Crippen LogP contribution is 2.08. The number of hydrogen-bond acceptors (Lipinski definition) is 6. The zero-order valence-electron chi connectivity index (χ0n) is 12.2. The van der Waals surface area contributed by atoms with Gasteiger partial charge in [0.2, 0.25) is 11.8 Å². The third-order valence-corrected chi connectivity index (χ3v) is 3.69. The molecule has 2 rings (SSSR count). The minimum atomic E-state index is -0.382. The Kier molecular flexibility index (Phi) is 7.42. The van der Waals surface area contributed by atoms with E-state index in [9.17, 15) is 9.59 Å². The molecule has 0 aliphatic heterocycles. The van der Waals surface area contributed by atoms with E-state index >= 15 is 0 Å². The first-order chi connectivity index (χ1) is 11.5. The monoisotopic (exact) mass is 554 g/mol. The lowest BCUT2D eigenvalue weighted by Crippen LogP contribution is -2.22. The van der Waals surface area contributed by atoms with Crippen molar-refractivity contribution in [2.75, 3.05) is 0 Å². The molecule has 0 fully saturated rings. The molecule has 0 aromatic carbocycles. The Bertz CT molecular complexity index is 702. The molecule has 0 saturated heterocycles. The maximum absolute atomic E-state index is 11.5. The van der Waals surface area contributed by atoms with Crippen LogP contribution in [0.4, 0.5) is 0 Å². The number of hydrazone groups is 2. The van der Waals surface area contributed by atoms with Crippen LogP contribution in [0.2, 0.25) is 0 Å². The van der Waals surface area contributed by atoms with Crippen LogP contribution in [0.15, 0.2) is 43.3 Å². The largest absolute Gasteiger partial charge is 0.449 e. The first kappa shape index (κ1) is 18.6. The molecule has 126 valence electrons. The topological polar surface area (TPSA) is 109 Å². The van der Waals surface area contributed by atoms with E-state index < -0.39 is 0 Å². The molecule has 0 radical (unpaired) electrons. The second-order valence-corrected chi connectivity index (χ2v) is 6.50. The van der Waals surface area contributed by atoms with Crippen LogP contribution in [0.5, 0.6) is 0 Å². The quantitative estimate of drug-likeness (QED) is 0.312. The number of nitrogens with one attached hydrogen (secondary N) is 2. The average Bonchev–Trinajstić information content (AvgIpc) is 3.14. The van der Waals surface area contributed by atoms with Gasteiger partial charge < -0.3 is 8.83 Å². The number of furan rings is 2. The summed E-state index contributed by atoms with van der Waals surface area (Å²) in [6.07, 6.45) is 2.75. The first-order valence-corrected chi connectivity index (χ1v) is 8.83. The molecule has 0 saturated carbocycles. The smallest absolute Gasteiger partial charge is 0.240 e. The number of nitrogens with zero attached hydrogens (tertiary/aromatic N) is 2. The highest BCUT2D eigenvalue weighted by Gasteiger charge is 2.05. The highest BCUT2D eigenvalue weighted by atomic mass is 127. The molecule has 2 aromatic rings. The highest BCUT2D eigenvalue weighted by molar-refractivity contribution is 14.1. The molecule has 8 nitrogen and oxygen atoms in total. The summed E-state index contributed by atoms with van der Waals surface area (Å²) in [4.78, 5) is 23.1. The summed E-state index contributed by atoms with van der Waals surface area (Å²) >= 11 is 4.05. The molecule has 2 amide bonds. The fourth-order valence-corrected chi connectivity index (χ4v) is 2.34. The van der Waals surface area contributed by atoms with E-state index in [-0.39, 0.29) is 24.7 Å². The number of halogens is 2. The summed E-state index contributed by atoms with van der Waals surface area (Å²) in [5, 5.41) is 7.48. The number of amides is 2. The van der Waals surface area contributed by atoms with Gasteiger partial charge in [0, 0.05) is 12.8 Å². The third-order valence-electron chi connectivity index (χ3n) is 2.53. The normalized spacial score (nSPS) is 11.2. The van der Waals surface area contributed by atoms with Crippen LogP contribution in [-0.4, -0.2) is 24.2 Å². The van der Waals surface area contributed by atoms with Gasteiger partial charge >= 0.3 is 0 Å². The fourth-order valence-electron chi connectivity index (χ4n) is 1.47. The van der Waals surface area contributed by atoms with Crippen LogP contribution in [0.25, 0.3) is 0 Å². The van der Waals surface area contributed by atoms with Crippen LogP contribution in [0, 0.1) is 7.53 Å². The maximum atomic E-state index is 11.5. The van der Waals surface area contributed by atoms with Gasteiger partial charge in [-0.25, -0.2) is 10.9 Å². The van der Waals surface area contributed by atoms with E-state index in [1.807, 2.05) is 45.2 Å². The molecule has 2 N–H and O–H groups in total. The molecule has 24 heavy (non-hydrogen) atoms. The lowest BCUT2D eigenvalue weighted by molar-refractivity contribution is -0.126. The Morgan fingerprint density at radius 1 is 0.875 bits per heavy atom. The van der Waals surface area contributed by atoms with E-state index in [0.29, 0.717) is 11.5 Å². The Morgan fingerprint density at radius 2 is 1.29 bits per heavy atom. The number of carbonyl (C=O) groups excluding carboxylic acids is 2. The molecule has 0 spiro atoms. The van der Waals surface area contributed by atoms with Gasteiger partial charge in [-0.15, -0.1) is 0 Å². The summed E-state index contributed by atoms with van der Waals surface area (Å²) in [7, 11) is 0. The molecule has 0 bridgehead atoms. The van der Waals surface area contributed by atoms with Gasteiger partial charge in [-0.2, -0.15) is 10.2 Å². The van der Waals surface area contributed by atoms with Crippen molar-refractivity contribution >= 4 is 69.4 Å². The molecular formula is C14H12I2N4O4. The van der Waals surface area contributed by atoms with E-state index in [0.717, 1.165) is 7.53 Å². The maximum Gasteiger partial charge on any atom is 0.240 e. The van der Waals surface area contributed by atoms with Gasteiger partial charge in [0.05, 0.1) is 12.4 Å². The van der Waals surface area contributed by atoms with Crippen molar-refractivity contribution < 1.29 is 18.4 Å². The Morgan fingerprint density at radius 3 is 1.62 bits per heavy atom. The number of carbonyl (C=O) groups is 2. The van der Waals surface area contributed by atoms with Crippen molar-refractivity contribution in [3.05, 3.63) is 43.3 Å². The summed E-state index contributed by atoms with van der Waals surface area (Å²) in [5.74, 6) is 0.290. The molecular weight excluding hydrogens is 542 g/mol. The molecule has 0 unspecified atom stereocenters. The number of hydrogen-bond donors (Lipinski definition) is 2. The molecule has 0 aliphatic carbocycles. The number of rotatable bonds is 7. The summed E-state index contributed by atoms with van der Waals surface area (Å²) in [6, 6.07) is 7.00.